The summed E-state index contributed by atoms with van der Waals surface area (Å²) in [6.45, 7) is 7.62. The molecule has 11 heteroatoms. The first kappa shape index (κ1) is 24.8. The number of hydrogen-bond acceptors (Lipinski definition) is 7. The average Bonchev–Trinajstić information content (AvgIpc) is 3.44. The van der Waals surface area contributed by atoms with Crippen LogP contribution >= 0.6 is 11.3 Å². The molecule has 3 heterocycles. The standard InChI is InChI=1S/C26H27FN6O3S/c1-12-6-14(16-10-18(24(35)31-30-16)28-21-8-13(2)33(5)32-21)22(27)17(7-12)29-25(36)19-9-15-20(37-19)11-26(3,4)23(15)34/h6-10,23,34H,11H2,1-5H3,(H,29,36)(H,31,35)(H,28,30,32). The number of carbonyl (C=O) groups is 1. The number of halogens is 1. The second kappa shape index (κ2) is 8.93. The van der Waals surface area contributed by atoms with Gasteiger partial charge in [-0.05, 0) is 61.1 Å². The number of carbonyl (C=O) groups excluding carboxylic acids is 1. The minimum absolute atomic E-state index is 0.00250. The van der Waals surface area contributed by atoms with Gasteiger partial charge in [-0.25, -0.2) is 9.49 Å². The Morgan fingerprint density at radius 1 is 1.22 bits per heavy atom. The topological polar surface area (TPSA) is 125 Å². The number of aromatic amines is 1. The molecule has 4 N–H and O–H groups in total. The Labute approximate surface area is 216 Å². The molecule has 3 aromatic heterocycles. The van der Waals surface area contributed by atoms with Crippen molar-refractivity contribution >= 4 is 34.4 Å². The number of thiophene rings is 1. The lowest BCUT2D eigenvalue weighted by molar-refractivity contribution is 0.0665. The molecule has 5 rings (SSSR count). The minimum Gasteiger partial charge on any atom is -0.388 e. The van der Waals surface area contributed by atoms with E-state index >= 15 is 4.39 Å². The summed E-state index contributed by atoms with van der Waals surface area (Å²) in [5, 5.41) is 26.9. The van der Waals surface area contributed by atoms with E-state index in [-0.39, 0.29) is 28.0 Å². The number of nitrogens with zero attached hydrogens (tertiary/aromatic N) is 3. The van der Waals surface area contributed by atoms with Crippen LogP contribution in [0.4, 0.5) is 21.6 Å². The third-order valence-corrected chi connectivity index (χ3v) is 7.79. The molecule has 1 aliphatic rings. The minimum atomic E-state index is -0.677. The van der Waals surface area contributed by atoms with E-state index in [1.807, 2.05) is 20.8 Å². The summed E-state index contributed by atoms with van der Waals surface area (Å²) in [6, 6.07) is 8.04. The van der Waals surface area contributed by atoms with Crippen LogP contribution in [0.1, 0.15) is 51.3 Å². The maximum absolute atomic E-state index is 15.6. The van der Waals surface area contributed by atoms with Gasteiger partial charge >= 0.3 is 0 Å². The van der Waals surface area contributed by atoms with Crippen LogP contribution in [0.5, 0.6) is 0 Å². The zero-order valence-electron chi connectivity index (χ0n) is 21.1. The SMILES string of the molecule is Cc1cc(NC(=O)c2cc3c(s2)CC(C)(C)C3O)c(F)c(-c2cc(Nc3cc(C)n(C)n3)c(=O)[nH]n2)c1. The summed E-state index contributed by atoms with van der Waals surface area (Å²) in [4.78, 5) is 26.7. The van der Waals surface area contributed by atoms with Crippen molar-refractivity contribution in [3.63, 3.8) is 0 Å². The quantitative estimate of drug-likeness (QED) is 0.304. The maximum Gasteiger partial charge on any atom is 0.287 e. The van der Waals surface area contributed by atoms with Gasteiger partial charge in [0, 0.05) is 29.2 Å². The predicted octanol–water partition coefficient (Wildman–Crippen LogP) is 4.60. The van der Waals surface area contributed by atoms with Gasteiger partial charge in [-0.2, -0.15) is 10.2 Å². The average molecular weight is 523 g/mol. The van der Waals surface area contributed by atoms with Crippen LogP contribution < -0.4 is 16.2 Å². The van der Waals surface area contributed by atoms with Crippen molar-refractivity contribution in [2.75, 3.05) is 10.6 Å². The molecule has 1 unspecified atom stereocenters. The number of fused-ring (bicyclic) bond motifs is 1. The summed E-state index contributed by atoms with van der Waals surface area (Å²) >= 11 is 1.31. The summed E-state index contributed by atoms with van der Waals surface area (Å²) in [5.41, 5.74) is 2.05. The Hall–Kier alpha value is -3.83. The highest BCUT2D eigenvalue weighted by molar-refractivity contribution is 7.14. The van der Waals surface area contributed by atoms with E-state index < -0.39 is 23.4 Å². The molecule has 0 saturated heterocycles. The third kappa shape index (κ3) is 4.56. The Balaban J connectivity index is 1.44. The number of benzene rings is 1. The number of H-pyrrole nitrogens is 1. The van der Waals surface area contributed by atoms with Crippen molar-refractivity contribution < 1.29 is 14.3 Å². The van der Waals surface area contributed by atoms with Crippen LogP contribution in [0.15, 0.2) is 35.1 Å². The maximum atomic E-state index is 15.6. The van der Waals surface area contributed by atoms with E-state index in [4.69, 9.17) is 0 Å². The molecule has 1 aromatic carbocycles. The molecule has 0 aliphatic heterocycles. The Morgan fingerprint density at radius 3 is 2.65 bits per heavy atom. The van der Waals surface area contributed by atoms with Gasteiger partial charge < -0.3 is 15.7 Å². The first-order valence-electron chi connectivity index (χ1n) is 11.7. The van der Waals surface area contributed by atoms with Crippen LogP contribution in [0.3, 0.4) is 0 Å². The van der Waals surface area contributed by atoms with Crippen molar-refractivity contribution in [3.8, 4) is 11.3 Å². The van der Waals surface area contributed by atoms with Crippen molar-refractivity contribution in [1.82, 2.24) is 20.0 Å². The molecule has 9 nitrogen and oxygen atoms in total. The fourth-order valence-electron chi connectivity index (χ4n) is 4.48. The van der Waals surface area contributed by atoms with E-state index in [1.54, 1.807) is 36.9 Å². The second-order valence-corrected chi connectivity index (χ2v) is 11.2. The smallest absolute Gasteiger partial charge is 0.287 e. The zero-order chi connectivity index (χ0) is 26.6. The van der Waals surface area contributed by atoms with Gasteiger partial charge in [-0.15, -0.1) is 11.3 Å². The summed E-state index contributed by atoms with van der Waals surface area (Å²) in [6.07, 6.45) is 0.0307. The van der Waals surface area contributed by atoms with E-state index in [0.29, 0.717) is 22.7 Å². The highest BCUT2D eigenvalue weighted by Crippen LogP contribution is 2.48. The fourth-order valence-corrected chi connectivity index (χ4v) is 5.81. The molecule has 0 saturated carbocycles. The van der Waals surface area contributed by atoms with Crippen LogP contribution in [0, 0.1) is 25.1 Å². The first-order chi connectivity index (χ1) is 17.4. The van der Waals surface area contributed by atoms with Crippen LogP contribution in [-0.2, 0) is 13.5 Å². The largest absolute Gasteiger partial charge is 0.388 e. The zero-order valence-corrected chi connectivity index (χ0v) is 21.9. The van der Waals surface area contributed by atoms with Gasteiger partial charge in [0.05, 0.1) is 22.4 Å². The molecule has 0 fully saturated rings. The molecule has 4 aromatic rings. The van der Waals surface area contributed by atoms with Crippen LogP contribution in [-0.4, -0.2) is 31.0 Å². The summed E-state index contributed by atoms with van der Waals surface area (Å²) in [7, 11) is 1.79. The second-order valence-electron chi connectivity index (χ2n) is 10.1. The lowest BCUT2D eigenvalue weighted by Crippen LogP contribution is -2.18. The summed E-state index contributed by atoms with van der Waals surface area (Å²) < 4.78 is 17.3. The van der Waals surface area contributed by atoms with Gasteiger partial charge in [0.15, 0.2) is 11.6 Å². The number of rotatable bonds is 5. The van der Waals surface area contributed by atoms with Gasteiger partial charge in [0.25, 0.3) is 11.5 Å². The fraction of sp³-hybridized carbons (Fsp3) is 0.308. The lowest BCUT2D eigenvalue weighted by atomic mass is 9.88. The predicted molar refractivity (Wildman–Crippen MR) is 141 cm³/mol. The molecule has 1 amide bonds. The Morgan fingerprint density at radius 2 is 1.97 bits per heavy atom. The van der Waals surface area contributed by atoms with E-state index in [0.717, 1.165) is 16.1 Å². The Kier molecular flexibility index (Phi) is 5.99. The highest BCUT2D eigenvalue weighted by atomic mass is 32.1. The number of nitrogens with one attached hydrogen (secondary N) is 3. The highest BCUT2D eigenvalue weighted by Gasteiger charge is 2.40. The molecule has 1 atom stereocenters. The first-order valence-corrected chi connectivity index (χ1v) is 12.5. The normalized spacial score (nSPS) is 16.0. The van der Waals surface area contributed by atoms with Crippen molar-refractivity contribution in [1.29, 1.82) is 0 Å². The number of amides is 1. The van der Waals surface area contributed by atoms with E-state index in [2.05, 4.69) is 25.9 Å². The molecule has 0 spiro atoms. The van der Waals surface area contributed by atoms with Gasteiger partial charge in [0.2, 0.25) is 0 Å². The molecular weight excluding hydrogens is 495 g/mol. The molecule has 37 heavy (non-hydrogen) atoms. The van der Waals surface area contributed by atoms with E-state index in [1.165, 1.54) is 23.5 Å². The lowest BCUT2D eigenvalue weighted by Gasteiger charge is -2.22. The van der Waals surface area contributed by atoms with Crippen molar-refractivity contribution in [2.45, 2.75) is 40.2 Å². The molecule has 192 valence electrons. The third-order valence-electron chi connectivity index (χ3n) is 6.64. The monoisotopic (exact) mass is 522 g/mol. The number of aromatic nitrogens is 4. The van der Waals surface area contributed by atoms with Crippen molar-refractivity contribution in [2.24, 2.45) is 12.5 Å². The molecule has 0 bridgehead atoms. The van der Waals surface area contributed by atoms with E-state index in [9.17, 15) is 14.7 Å². The number of hydrogen-bond donors (Lipinski definition) is 4. The van der Waals surface area contributed by atoms with Gasteiger partial charge in [-0.1, -0.05) is 13.8 Å². The van der Waals surface area contributed by atoms with Gasteiger partial charge in [-0.3, -0.25) is 14.3 Å². The molecule has 0 radical (unpaired) electrons. The number of aryl methyl sites for hydroxylation is 3. The van der Waals surface area contributed by atoms with Crippen molar-refractivity contribution in [3.05, 3.63) is 73.1 Å². The Bertz CT molecular complexity index is 1580. The number of anilines is 3. The number of aliphatic hydroxyl groups is 1. The molecule has 1 aliphatic carbocycles. The van der Waals surface area contributed by atoms with Crippen LogP contribution in [0.25, 0.3) is 11.3 Å². The molecular formula is C26H27FN6O3S. The number of aliphatic hydroxyl groups excluding tert-OH is 1. The van der Waals surface area contributed by atoms with Gasteiger partial charge in [0.1, 0.15) is 5.69 Å². The summed E-state index contributed by atoms with van der Waals surface area (Å²) in [5.74, 6) is -0.665. The van der Waals surface area contributed by atoms with Crippen LogP contribution in [0.2, 0.25) is 0 Å².